The summed E-state index contributed by atoms with van der Waals surface area (Å²) in [7, 11) is 0. The number of hydrogen-bond acceptors (Lipinski definition) is 5. The van der Waals surface area contributed by atoms with Gasteiger partial charge < -0.3 is 20.5 Å². The van der Waals surface area contributed by atoms with Crippen LogP contribution in [0.1, 0.15) is 44.2 Å². The van der Waals surface area contributed by atoms with Crippen molar-refractivity contribution in [3.05, 3.63) is 59.7 Å². The van der Waals surface area contributed by atoms with Crippen LogP contribution in [0.4, 0.5) is 9.59 Å². The van der Waals surface area contributed by atoms with Crippen LogP contribution >= 0.6 is 12.2 Å². The Bertz CT molecular complexity index is 1040. The van der Waals surface area contributed by atoms with Gasteiger partial charge in [-0.15, -0.1) is 0 Å². The first-order chi connectivity index (χ1) is 15.6. The van der Waals surface area contributed by atoms with Gasteiger partial charge in [0.25, 0.3) is 0 Å². The highest BCUT2D eigenvalue weighted by Gasteiger charge is 2.40. The SMILES string of the molecule is CC(C)(C)OC(=O)N1C[C@H](NC(=O)OCC2c3ccccc3-c3ccccc32)C[C@H]1C(N)=S. The van der Waals surface area contributed by atoms with Crippen LogP contribution in [0.5, 0.6) is 0 Å². The smallest absolute Gasteiger partial charge is 0.410 e. The van der Waals surface area contributed by atoms with Crippen LogP contribution in [0.3, 0.4) is 0 Å². The molecule has 33 heavy (non-hydrogen) atoms. The lowest BCUT2D eigenvalue weighted by Crippen LogP contribution is -2.45. The Kier molecular flexibility index (Phi) is 6.30. The van der Waals surface area contributed by atoms with Crippen molar-refractivity contribution in [3.8, 4) is 11.1 Å². The fraction of sp³-hybridized carbons (Fsp3) is 0.400. The van der Waals surface area contributed by atoms with Crippen LogP contribution in [-0.4, -0.2) is 52.9 Å². The van der Waals surface area contributed by atoms with Gasteiger partial charge in [-0.1, -0.05) is 60.7 Å². The quantitative estimate of drug-likeness (QED) is 0.655. The summed E-state index contributed by atoms with van der Waals surface area (Å²) in [5, 5.41) is 2.86. The molecule has 1 fully saturated rings. The average molecular weight is 468 g/mol. The molecule has 4 rings (SSSR count). The third-order valence-electron chi connectivity index (χ3n) is 5.92. The number of likely N-dealkylation sites (tertiary alicyclic amines) is 1. The minimum atomic E-state index is -0.643. The van der Waals surface area contributed by atoms with E-state index in [9.17, 15) is 9.59 Å². The first-order valence-electron chi connectivity index (χ1n) is 11.0. The summed E-state index contributed by atoms with van der Waals surface area (Å²) < 4.78 is 11.1. The predicted molar refractivity (Wildman–Crippen MR) is 130 cm³/mol. The highest BCUT2D eigenvalue weighted by atomic mass is 32.1. The van der Waals surface area contributed by atoms with E-state index in [1.807, 2.05) is 24.3 Å². The summed E-state index contributed by atoms with van der Waals surface area (Å²) in [4.78, 5) is 26.9. The summed E-state index contributed by atoms with van der Waals surface area (Å²) in [5.41, 5.74) is 9.85. The van der Waals surface area contributed by atoms with Crippen molar-refractivity contribution in [1.29, 1.82) is 0 Å². The number of carbonyl (C=O) groups excluding carboxylic acids is 2. The topological polar surface area (TPSA) is 93.9 Å². The summed E-state index contributed by atoms with van der Waals surface area (Å²) in [6, 6.07) is 15.5. The number of thiocarbonyl (C=S) groups is 1. The van der Waals surface area contributed by atoms with Crippen molar-refractivity contribution in [2.24, 2.45) is 5.73 Å². The average Bonchev–Trinajstić information content (AvgIpc) is 3.31. The fourth-order valence-corrected chi connectivity index (χ4v) is 4.76. The molecular formula is C25H29N3O4S. The molecule has 2 aliphatic rings. The minimum absolute atomic E-state index is 0.0191. The largest absolute Gasteiger partial charge is 0.449 e. The number of benzene rings is 2. The van der Waals surface area contributed by atoms with Crippen molar-refractivity contribution in [2.75, 3.05) is 13.2 Å². The number of carbonyl (C=O) groups is 2. The van der Waals surface area contributed by atoms with E-state index >= 15 is 0 Å². The molecule has 0 aromatic heterocycles. The molecule has 2 amide bonds. The first-order valence-corrected chi connectivity index (χ1v) is 11.5. The van der Waals surface area contributed by atoms with E-state index < -0.39 is 23.8 Å². The summed E-state index contributed by atoms with van der Waals surface area (Å²) >= 11 is 5.14. The molecular weight excluding hydrogens is 438 g/mol. The molecule has 1 heterocycles. The number of nitrogens with two attached hydrogens (primary N) is 1. The third-order valence-corrected chi connectivity index (χ3v) is 6.20. The molecule has 1 aliphatic carbocycles. The molecule has 0 spiro atoms. The number of nitrogens with one attached hydrogen (secondary N) is 1. The minimum Gasteiger partial charge on any atom is -0.449 e. The van der Waals surface area contributed by atoms with Gasteiger partial charge in [0.15, 0.2) is 0 Å². The van der Waals surface area contributed by atoms with Crippen molar-refractivity contribution in [1.82, 2.24) is 10.2 Å². The predicted octanol–water partition coefficient (Wildman–Crippen LogP) is 4.19. The Morgan fingerprint density at radius 3 is 2.21 bits per heavy atom. The molecule has 1 saturated heterocycles. The lowest BCUT2D eigenvalue weighted by molar-refractivity contribution is 0.0262. The van der Waals surface area contributed by atoms with Gasteiger partial charge in [0.05, 0.1) is 17.1 Å². The van der Waals surface area contributed by atoms with E-state index in [0.29, 0.717) is 6.42 Å². The Labute approximate surface area is 199 Å². The zero-order chi connectivity index (χ0) is 23.8. The summed E-state index contributed by atoms with van der Waals surface area (Å²) in [6.07, 6.45) is -0.620. The van der Waals surface area contributed by atoms with E-state index in [1.165, 1.54) is 16.0 Å². The highest BCUT2D eigenvalue weighted by molar-refractivity contribution is 7.80. The van der Waals surface area contributed by atoms with Crippen molar-refractivity contribution < 1.29 is 19.1 Å². The lowest BCUT2D eigenvalue weighted by atomic mass is 9.98. The Balaban J connectivity index is 1.39. The van der Waals surface area contributed by atoms with Crippen LogP contribution < -0.4 is 11.1 Å². The fourth-order valence-electron chi connectivity index (χ4n) is 4.54. The van der Waals surface area contributed by atoms with Gasteiger partial charge in [-0.25, -0.2) is 9.59 Å². The van der Waals surface area contributed by atoms with Gasteiger partial charge >= 0.3 is 12.2 Å². The van der Waals surface area contributed by atoms with E-state index in [2.05, 4.69) is 29.6 Å². The lowest BCUT2D eigenvalue weighted by Gasteiger charge is -2.27. The standard InChI is InChI=1S/C25H29N3O4S/c1-25(2,3)32-24(30)28-13-15(12-21(28)22(26)33)27-23(29)31-14-20-18-10-6-4-8-16(18)17-9-5-7-11-19(17)20/h4-11,15,20-21H,12-14H2,1-3H3,(H2,26,33)(H,27,29)/t15-,21+/m1/s1. The molecule has 0 radical (unpaired) electrons. The Morgan fingerprint density at radius 2 is 1.67 bits per heavy atom. The maximum absolute atomic E-state index is 12.6. The second-order valence-electron chi connectivity index (χ2n) is 9.45. The van der Waals surface area contributed by atoms with E-state index in [1.54, 1.807) is 20.8 Å². The summed E-state index contributed by atoms with van der Waals surface area (Å²) in [6.45, 7) is 5.86. The first kappa shape index (κ1) is 23.0. The second kappa shape index (κ2) is 9.02. The monoisotopic (exact) mass is 467 g/mol. The number of nitrogens with zero attached hydrogens (tertiary/aromatic N) is 1. The molecule has 2 aromatic rings. The van der Waals surface area contributed by atoms with Crippen molar-refractivity contribution in [2.45, 2.75) is 50.8 Å². The number of hydrogen-bond donors (Lipinski definition) is 2. The van der Waals surface area contributed by atoms with E-state index in [-0.39, 0.29) is 30.1 Å². The van der Waals surface area contributed by atoms with Gasteiger partial charge in [-0.3, -0.25) is 4.90 Å². The molecule has 2 aromatic carbocycles. The molecule has 0 unspecified atom stereocenters. The van der Waals surface area contributed by atoms with Gasteiger partial charge in [0.1, 0.15) is 12.2 Å². The molecule has 0 saturated carbocycles. The van der Waals surface area contributed by atoms with E-state index in [0.717, 1.165) is 11.1 Å². The summed E-state index contributed by atoms with van der Waals surface area (Å²) in [5.74, 6) is -0.0191. The van der Waals surface area contributed by atoms with Crippen LogP contribution in [0.15, 0.2) is 48.5 Å². The zero-order valence-electron chi connectivity index (χ0n) is 19.0. The van der Waals surface area contributed by atoms with Crippen LogP contribution in [0, 0.1) is 0 Å². The Morgan fingerprint density at radius 1 is 1.09 bits per heavy atom. The highest BCUT2D eigenvalue weighted by Crippen LogP contribution is 2.44. The molecule has 2 atom stereocenters. The number of ether oxygens (including phenoxy) is 2. The van der Waals surface area contributed by atoms with Crippen LogP contribution in [-0.2, 0) is 9.47 Å². The number of alkyl carbamates (subject to hydrolysis) is 1. The van der Waals surface area contributed by atoms with Gasteiger partial charge in [-0.2, -0.15) is 0 Å². The molecule has 174 valence electrons. The third kappa shape index (κ3) is 4.95. The second-order valence-corrected chi connectivity index (χ2v) is 9.92. The van der Waals surface area contributed by atoms with Gasteiger partial charge in [0.2, 0.25) is 0 Å². The maximum Gasteiger partial charge on any atom is 0.410 e. The normalized spacial score (nSPS) is 19.5. The number of rotatable bonds is 4. The number of fused-ring (bicyclic) bond motifs is 3. The van der Waals surface area contributed by atoms with Gasteiger partial charge in [-0.05, 0) is 49.4 Å². The molecule has 3 N–H and O–H groups in total. The van der Waals surface area contributed by atoms with Crippen molar-refractivity contribution >= 4 is 29.4 Å². The molecule has 0 bridgehead atoms. The van der Waals surface area contributed by atoms with E-state index in [4.69, 9.17) is 27.4 Å². The molecule has 1 aliphatic heterocycles. The van der Waals surface area contributed by atoms with Gasteiger partial charge in [0, 0.05) is 12.5 Å². The maximum atomic E-state index is 12.6. The van der Waals surface area contributed by atoms with Crippen LogP contribution in [0.25, 0.3) is 11.1 Å². The molecule has 8 heteroatoms. The van der Waals surface area contributed by atoms with Crippen molar-refractivity contribution in [3.63, 3.8) is 0 Å². The molecule has 7 nitrogen and oxygen atoms in total. The van der Waals surface area contributed by atoms with Crippen LogP contribution in [0.2, 0.25) is 0 Å². The zero-order valence-corrected chi connectivity index (χ0v) is 19.9. The number of amides is 2. The Hall–Kier alpha value is -3.13.